The highest BCUT2D eigenvalue weighted by molar-refractivity contribution is 5.92. The minimum Gasteiger partial charge on any atom is -0.444 e. The van der Waals surface area contributed by atoms with Crippen molar-refractivity contribution in [1.82, 2.24) is 4.90 Å². The molecule has 1 saturated heterocycles. The molecule has 1 atom stereocenters. The van der Waals surface area contributed by atoms with E-state index in [1.807, 2.05) is 20.8 Å². The van der Waals surface area contributed by atoms with Gasteiger partial charge >= 0.3 is 6.09 Å². The predicted octanol–water partition coefficient (Wildman–Crippen LogP) is 2.09. The molecule has 1 heterocycles. The molecule has 1 aromatic rings. The van der Waals surface area contributed by atoms with Crippen molar-refractivity contribution < 1.29 is 19.1 Å². The van der Waals surface area contributed by atoms with Gasteiger partial charge in [0.25, 0.3) is 0 Å². The number of hydrogen-bond acceptors (Lipinski definition) is 4. The van der Waals surface area contributed by atoms with E-state index in [-0.39, 0.29) is 12.2 Å². The Morgan fingerprint density at radius 3 is 2.45 bits per heavy atom. The summed E-state index contributed by atoms with van der Waals surface area (Å²) in [7, 11) is 0. The molecule has 1 aromatic carbocycles. The van der Waals surface area contributed by atoms with Crippen molar-refractivity contribution in [3.05, 3.63) is 35.4 Å². The van der Waals surface area contributed by atoms with Crippen molar-refractivity contribution in [3.63, 3.8) is 0 Å². The van der Waals surface area contributed by atoms with Gasteiger partial charge in [0.15, 0.2) is 0 Å². The number of rotatable bonds is 2. The number of benzene rings is 1. The molecule has 1 fully saturated rings. The Kier molecular flexibility index (Phi) is 4.71. The van der Waals surface area contributed by atoms with E-state index in [2.05, 4.69) is 0 Å². The van der Waals surface area contributed by atoms with Crippen LogP contribution < -0.4 is 5.73 Å². The normalized spacial score (nSPS) is 18.9. The highest BCUT2D eigenvalue weighted by Gasteiger charge is 2.28. The van der Waals surface area contributed by atoms with Gasteiger partial charge in [0.2, 0.25) is 5.91 Å². The molecule has 0 bridgehead atoms. The molecule has 0 saturated carbocycles. The van der Waals surface area contributed by atoms with Gasteiger partial charge < -0.3 is 20.1 Å². The molecule has 0 aliphatic carbocycles. The van der Waals surface area contributed by atoms with Crippen molar-refractivity contribution in [3.8, 4) is 0 Å². The van der Waals surface area contributed by atoms with E-state index < -0.39 is 11.5 Å². The van der Waals surface area contributed by atoms with Crippen LogP contribution in [0.4, 0.5) is 4.79 Å². The smallest absolute Gasteiger partial charge is 0.410 e. The summed E-state index contributed by atoms with van der Waals surface area (Å²) in [5.41, 5.74) is 6.05. The minimum absolute atomic E-state index is 0.233. The lowest BCUT2D eigenvalue weighted by Crippen LogP contribution is -2.44. The number of nitrogens with zero attached hydrogens (tertiary/aromatic N) is 1. The number of carbonyl (C=O) groups excluding carboxylic acids is 2. The van der Waals surface area contributed by atoms with E-state index in [0.717, 1.165) is 5.56 Å². The maximum atomic E-state index is 12.1. The molecule has 6 nitrogen and oxygen atoms in total. The summed E-state index contributed by atoms with van der Waals surface area (Å²) >= 11 is 0. The lowest BCUT2D eigenvalue weighted by molar-refractivity contribution is -0.0432. The maximum Gasteiger partial charge on any atom is 0.410 e. The quantitative estimate of drug-likeness (QED) is 0.907. The van der Waals surface area contributed by atoms with E-state index >= 15 is 0 Å². The summed E-state index contributed by atoms with van der Waals surface area (Å²) in [6.07, 6.45) is -0.572. The molecule has 1 aliphatic heterocycles. The van der Waals surface area contributed by atoms with Crippen molar-refractivity contribution in [2.24, 2.45) is 5.73 Å². The van der Waals surface area contributed by atoms with E-state index in [1.165, 1.54) is 0 Å². The summed E-state index contributed by atoms with van der Waals surface area (Å²) < 4.78 is 11.1. The monoisotopic (exact) mass is 306 g/mol. The lowest BCUT2D eigenvalue weighted by Gasteiger charge is -2.34. The average molecular weight is 306 g/mol. The van der Waals surface area contributed by atoms with E-state index in [1.54, 1.807) is 29.2 Å². The fraction of sp³-hybridized carbons (Fsp3) is 0.500. The van der Waals surface area contributed by atoms with Crippen molar-refractivity contribution in [1.29, 1.82) is 0 Å². The number of primary amides is 1. The van der Waals surface area contributed by atoms with Crippen molar-refractivity contribution in [2.75, 3.05) is 19.7 Å². The Balaban J connectivity index is 2.04. The first kappa shape index (κ1) is 16.3. The average Bonchev–Trinajstić information content (AvgIpc) is 2.46. The highest BCUT2D eigenvalue weighted by atomic mass is 16.6. The van der Waals surface area contributed by atoms with Crippen LogP contribution in [0.1, 0.15) is 42.8 Å². The van der Waals surface area contributed by atoms with Crippen molar-refractivity contribution >= 4 is 12.0 Å². The van der Waals surface area contributed by atoms with Gasteiger partial charge in [0.1, 0.15) is 11.7 Å². The van der Waals surface area contributed by atoms with Gasteiger partial charge in [0, 0.05) is 12.1 Å². The van der Waals surface area contributed by atoms with Crippen LogP contribution >= 0.6 is 0 Å². The SMILES string of the molecule is CC(C)(C)OC(=O)N1CCO[C@@H](c2ccc(C(N)=O)cc2)C1. The summed E-state index contributed by atoms with van der Waals surface area (Å²) in [5, 5.41) is 0. The van der Waals surface area contributed by atoms with Gasteiger partial charge in [-0.2, -0.15) is 0 Å². The number of morpholine rings is 1. The highest BCUT2D eigenvalue weighted by Crippen LogP contribution is 2.23. The molecular formula is C16H22N2O4. The molecule has 2 rings (SSSR count). The first-order chi connectivity index (χ1) is 10.3. The first-order valence-electron chi connectivity index (χ1n) is 7.25. The number of carbonyl (C=O) groups is 2. The number of nitrogens with two attached hydrogens (primary N) is 1. The fourth-order valence-electron chi connectivity index (χ4n) is 2.21. The van der Waals surface area contributed by atoms with Gasteiger partial charge in [0.05, 0.1) is 13.2 Å². The zero-order chi connectivity index (χ0) is 16.3. The predicted molar refractivity (Wildman–Crippen MR) is 81.5 cm³/mol. The fourth-order valence-corrected chi connectivity index (χ4v) is 2.21. The van der Waals surface area contributed by atoms with Crippen LogP contribution in [0, 0.1) is 0 Å². The Labute approximate surface area is 130 Å². The van der Waals surface area contributed by atoms with E-state index in [0.29, 0.717) is 25.3 Å². The van der Waals surface area contributed by atoms with Crippen LogP contribution in [0.25, 0.3) is 0 Å². The van der Waals surface area contributed by atoms with E-state index in [9.17, 15) is 9.59 Å². The standard InChI is InChI=1S/C16H22N2O4/c1-16(2,3)22-15(20)18-8-9-21-13(10-18)11-4-6-12(7-5-11)14(17)19/h4-7,13H,8-10H2,1-3H3,(H2,17,19)/t13-/m1/s1. The summed E-state index contributed by atoms with van der Waals surface area (Å²) in [4.78, 5) is 24.8. The Morgan fingerprint density at radius 2 is 1.91 bits per heavy atom. The number of ether oxygens (including phenoxy) is 2. The Hall–Kier alpha value is -2.08. The molecule has 2 N–H and O–H groups in total. The molecular weight excluding hydrogens is 284 g/mol. The third kappa shape index (κ3) is 4.21. The summed E-state index contributed by atoms with van der Waals surface area (Å²) in [5.74, 6) is -0.466. The molecule has 0 aromatic heterocycles. The van der Waals surface area contributed by atoms with Gasteiger partial charge in [-0.05, 0) is 38.5 Å². The summed E-state index contributed by atoms with van der Waals surface area (Å²) in [6.45, 7) is 6.89. The van der Waals surface area contributed by atoms with Crippen LogP contribution in [0.15, 0.2) is 24.3 Å². The zero-order valence-corrected chi connectivity index (χ0v) is 13.2. The third-order valence-corrected chi connectivity index (χ3v) is 3.29. The van der Waals surface area contributed by atoms with Crippen LogP contribution in [0.2, 0.25) is 0 Å². The number of amides is 2. The van der Waals surface area contributed by atoms with Crippen LogP contribution in [-0.4, -0.2) is 42.2 Å². The van der Waals surface area contributed by atoms with Crippen LogP contribution in [0.5, 0.6) is 0 Å². The maximum absolute atomic E-state index is 12.1. The van der Waals surface area contributed by atoms with Gasteiger partial charge in [-0.25, -0.2) is 4.79 Å². The second-order valence-electron chi connectivity index (χ2n) is 6.27. The van der Waals surface area contributed by atoms with Crippen LogP contribution in [0.3, 0.4) is 0 Å². The first-order valence-corrected chi connectivity index (χ1v) is 7.25. The second kappa shape index (κ2) is 6.36. The largest absolute Gasteiger partial charge is 0.444 e. The van der Waals surface area contributed by atoms with E-state index in [4.69, 9.17) is 15.2 Å². The second-order valence-corrected chi connectivity index (χ2v) is 6.27. The topological polar surface area (TPSA) is 81.9 Å². The van der Waals surface area contributed by atoms with Crippen LogP contribution in [-0.2, 0) is 9.47 Å². The minimum atomic E-state index is -0.520. The molecule has 120 valence electrons. The molecule has 0 unspecified atom stereocenters. The molecule has 2 amide bonds. The summed E-state index contributed by atoms with van der Waals surface area (Å²) in [6, 6.07) is 6.91. The number of hydrogen-bond donors (Lipinski definition) is 1. The molecule has 22 heavy (non-hydrogen) atoms. The molecule has 1 aliphatic rings. The van der Waals surface area contributed by atoms with Gasteiger partial charge in [-0.3, -0.25) is 4.79 Å². The molecule has 0 spiro atoms. The Bertz CT molecular complexity index is 548. The van der Waals surface area contributed by atoms with Gasteiger partial charge in [-0.1, -0.05) is 12.1 Å². The molecule has 6 heteroatoms. The molecule has 0 radical (unpaired) electrons. The third-order valence-electron chi connectivity index (χ3n) is 3.29. The zero-order valence-electron chi connectivity index (χ0n) is 13.2. The van der Waals surface area contributed by atoms with Crippen molar-refractivity contribution in [2.45, 2.75) is 32.5 Å². The Morgan fingerprint density at radius 1 is 1.27 bits per heavy atom. The lowest BCUT2D eigenvalue weighted by atomic mass is 10.1. The van der Waals surface area contributed by atoms with Gasteiger partial charge in [-0.15, -0.1) is 0 Å².